The van der Waals surface area contributed by atoms with E-state index in [1.54, 1.807) is 0 Å². The first-order chi connectivity index (χ1) is 6.12. The minimum absolute atomic E-state index is 0.125. The van der Waals surface area contributed by atoms with Crippen molar-refractivity contribution >= 4 is 15.9 Å². The average Bonchev–Trinajstić information content (AvgIpc) is 2.17. The van der Waals surface area contributed by atoms with Crippen LogP contribution in [0.3, 0.4) is 0 Å². The quantitative estimate of drug-likeness (QED) is 0.728. The Morgan fingerprint density at radius 1 is 1.31 bits per heavy atom. The van der Waals surface area contributed by atoms with E-state index < -0.39 is 5.60 Å². The maximum Gasteiger partial charge on any atom is 0.114 e. The molecule has 0 saturated carbocycles. The van der Waals surface area contributed by atoms with Crippen molar-refractivity contribution in [2.45, 2.75) is 5.60 Å². The molecule has 0 aliphatic carbocycles. The Morgan fingerprint density at radius 3 is 2.38 bits per heavy atom. The third-order valence-corrected chi connectivity index (χ3v) is 2.53. The first-order valence-corrected chi connectivity index (χ1v) is 4.80. The third-order valence-electron chi connectivity index (χ3n) is 2.04. The zero-order chi connectivity index (χ0) is 9.90. The molecule has 13 heavy (non-hydrogen) atoms. The molecule has 0 atom stereocenters. The number of rotatable bonds is 3. The van der Waals surface area contributed by atoms with Gasteiger partial charge in [-0.05, 0) is 17.7 Å². The molecule has 5 N–H and O–H groups in total. The Bertz CT molecular complexity index is 287. The average molecular weight is 245 g/mol. The standard InChI is InChI=1S/C9H13BrN2O/c10-8-3-1-2-7(4-8)9(13,5-11)6-12/h1-4,13H,5-6,11-12H2. The lowest BCUT2D eigenvalue weighted by Gasteiger charge is -2.25. The molecule has 0 amide bonds. The molecule has 0 aliphatic rings. The lowest BCUT2D eigenvalue weighted by molar-refractivity contribution is 0.0553. The Morgan fingerprint density at radius 2 is 1.92 bits per heavy atom. The van der Waals surface area contributed by atoms with Crippen LogP contribution in [0, 0.1) is 0 Å². The molecular formula is C9H13BrN2O. The molecular weight excluding hydrogens is 232 g/mol. The molecule has 0 saturated heterocycles. The summed E-state index contributed by atoms with van der Waals surface area (Å²) in [6, 6.07) is 7.36. The van der Waals surface area contributed by atoms with Gasteiger partial charge >= 0.3 is 0 Å². The van der Waals surface area contributed by atoms with Gasteiger partial charge in [-0.1, -0.05) is 28.1 Å². The molecule has 3 nitrogen and oxygen atoms in total. The molecule has 0 radical (unpaired) electrons. The fraction of sp³-hybridized carbons (Fsp3) is 0.333. The fourth-order valence-electron chi connectivity index (χ4n) is 1.10. The monoisotopic (exact) mass is 244 g/mol. The number of aliphatic hydroxyl groups is 1. The van der Waals surface area contributed by atoms with Gasteiger partial charge < -0.3 is 16.6 Å². The van der Waals surface area contributed by atoms with Crippen LogP contribution in [0.25, 0.3) is 0 Å². The van der Waals surface area contributed by atoms with Crippen LogP contribution in [0.15, 0.2) is 28.7 Å². The van der Waals surface area contributed by atoms with E-state index in [1.165, 1.54) is 0 Å². The van der Waals surface area contributed by atoms with Gasteiger partial charge in [-0.3, -0.25) is 0 Å². The van der Waals surface area contributed by atoms with Crippen LogP contribution >= 0.6 is 15.9 Å². The van der Waals surface area contributed by atoms with Crippen LogP contribution in [-0.2, 0) is 5.60 Å². The Kier molecular flexibility index (Phi) is 3.44. The van der Waals surface area contributed by atoms with Gasteiger partial charge in [0.05, 0.1) is 0 Å². The summed E-state index contributed by atoms with van der Waals surface area (Å²) in [5.41, 5.74) is 10.5. The number of hydrogen-bond donors (Lipinski definition) is 3. The highest BCUT2D eigenvalue weighted by molar-refractivity contribution is 9.10. The van der Waals surface area contributed by atoms with E-state index in [2.05, 4.69) is 15.9 Å². The van der Waals surface area contributed by atoms with Gasteiger partial charge in [-0.25, -0.2) is 0 Å². The van der Waals surface area contributed by atoms with Crippen molar-refractivity contribution in [3.8, 4) is 0 Å². The van der Waals surface area contributed by atoms with E-state index in [9.17, 15) is 5.11 Å². The van der Waals surface area contributed by atoms with Gasteiger partial charge in [0.1, 0.15) is 5.60 Å². The van der Waals surface area contributed by atoms with Crippen LogP contribution < -0.4 is 11.5 Å². The highest BCUT2D eigenvalue weighted by atomic mass is 79.9. The first-order valence-electron chi connectivity index (χ1n) is 4.01. The maximum atomic E-state index is 9.95. The summed E-state index contributed by atoms with van der Waals surface area (Å²) in [6.45, 7) is 0.250. The maximum absolute atomic E-state index is 9.95. The molecule has 0 aromatic heterocycles. The Hall–Kier alpha value is -0.420. The second-order valence-corrected chi connectivity index (χ2v) is 3.87. The van der Waals surface area contributed by atoms with Crippen molar-refractivity contribution in [1.82, 2.24) is 0 Å². The molecule has 4 heteroatoms. The molecule has 1 aromatic rings. The van der Waals surface area contributed by atoms with Gasteiger partial charge in [0.25, 0.3) is 0 Å². The smallest absolute Gasteiger partial charge is 0.114 e. The fourth-order valence-corrected chi connectivity index (χ4v) is 1.50. The molecule has 0 spiro atoms. The van der Waals surface area contributed by atoms with E-state index in [0.717, 1.165) is 10.0 Å². The SMILES string of the molecule is NCC(O)(CN)c1cccc(Br)c1. The molecule has 1 rings (SSSR count). The molecule has 1 aromatic carbocycles. The van der Waals surface area contributed by atoms with Crippen molar-refractivity contribution in [3.63, 3.8) is 0 Å². The van der Waals surface area contributed by atoms with Gasteiger partial charge in [0.2, 0.25) is 0 Å². The minimum Gasteiger partial charge on any atom is -0.383 e. The normalized spacial score (nSPS) is 11.7. The molecule has 72 valence electrons. The Labute approximate surface area is 85.9 Å². The summed E-state index contributed by atoms with van der Waals surface area (Å²) < 4.78 is 0.908. The van der Waals surface area contributed by atoms with Crippen LogP contribution in [0.2, 0.25) is 0 Å². The summed E-state index contributed by atoms with van der Waals surface area (Å²) in [4.78, 5) is 0. The predicted molar refractivity (Wildman–Crippen MR) is 56.1 cm³/mol. The first kappa shape index (κ1) is 10.7. The zero-order valence-corrected chi connectivity index (χ0v) is 8.79. The highest BCUT2D eigenvalue weighted by Crippen LogP contribution is 2.21. The van der Waals surface area contributed by atoms with Gasteiger partial charge in [0, 0.05) is 17.6 Å². The zero-order valence-electron chi connectivity index (χ0n) is 7.20. The summed E-state index contributed by atoms with van der Waals surface area (Å²) in [6.07, 6.45) is 0. The van der Waals surface area contributed by atoms with Crippen molar-refractivity contribution in [2.75, 3.05) is 13.1 Å². The summed E-state index contributed by atoms with van der Waals surface area (Å²) in [5.74, 6) is 0. The van der Waals surface area contributed by atoms with Gasteiger partial charge in [-0.15, -0.1) is 0 Å². The van der Waals surface area contributed by atoms with Gasteiger partial charge in [-0.2, -0.15) is 0 Å². The molecule has 0 heterocycles. The number of benzene rings is 1. The molecule has 0 unspecified atom stereocenters. The molecule has 0 aliphatic heterocycles. The summed E-state index contributed by atoms with van der Waals surface area (Å²) in [5, 5.41) is 9.95. The topological polar surface area (TPSA) is 72.3 Å². The van der Waals surface area contributed by atoms with E-state index in [-0.39, 0.29) is 13.1 Å². The van der Waals surface area contributed by atoms with Crippen molar-refractivity contribution in [1.29, 1.82) is 0 Å². The van der Waals surface area contributed by atoms with Crippen molar-refractivity contribution < 1.29 is 5.11 Å². The lowest BCUT2D eigenvalue weighted by Crippen LogP contribution is -2.41. The summed E-state index contributed by atoms with van der Waals surface area (Å²) in [7, 11) is 0. The van der Waals surface area contributed by atoms with Crippen LogP contribution in [0.4, 0.5) is 0 Å². The summed E-state index contributed by atoms with van der Waals surface area (Å²) >= 11 is 3.32. The number of halogens is 1. The van der Waals surface area contributed by atoms with Crippen molar-refractivity contribution in [3.05, 3.63) is 34.3 Å². The molecule has 0 bridgehead atoms. The van der Waals surface area contributed by atoms with E-state index in [4.69, 9.17) is 11.5 Å². The van der Waals surface area contributed by atoms with Crippen LogP contribution in [0.1, 0.15) is 5.56 Å². The van der Waals surface area contributed by atoms with Crippen molar-refractivity contribution in [2.24, 2.45) is 11.5 Å². The van der Waals surface area contributed by atoms with Crippen LogP contribution in [-0.4, -0.2) is 18.2 Å². The molecule has 0 fully saturated rings. The number of nitrogens with two attached hydrogens (primary N) is 2. The highest BCUT2D eigenvalue weighted by Gasteiger charge is 2.25. The van der Waals surface area contributed by atoms with E-state index in [0.29, 0.717) is 0 Å². The second-order valence-electron chi connectivity index (χ2n) is 2.95. The van der Waals surface area contributed by atoms with Gasteiger partial charge in [0.15, 0.2) is 0 Å². The predicted octanol–water partition coefficient (Wildman–Crippen LogP) is 0.554. The number of hydrogen-bond acceptors (Lipinski definition) is 3. The van der Waals surface area contributed by atoms with Crippen LogP contribution in [0.5, 0.6) is 0 Å². The second kappa shape index (κ2) is 4.19. The minimum atomic E-state index is -1.11. The third kappa shape index (κ3) is 2.28. The van der Waals surface area contributed by atoms with E-state index in [1.807, 2.05) is 24.3 Å². The lowest BCUT2D eigenvalue weighted by atomic mass is 9.94. The largest absolute Gasteiger partial charge is 0.383 e. The van der Waals surface area contributed by atoms with E-state index >= 15 is 0 Å². The Balaban J connectivity index is 3.05.